The number of nitrogens with zero attached hydrogens (tertiary/aromatic N) is 1. The molecule has 0 atom stereocenters. The van der Waals surface area contributed by atoms with E-state index in [0.717, 1.165) is 12.2 Å². The van der Waals surface area contributed by atoms with Gasteiger partial charge in [0.1, 0.15) is 5.84 Å². The van der Waals surface area contributed by atoms with E-state index >= 15 is 0 Å². The highest BCUT2D eigenvalue weighted by Crippen LogP contribution is 2.17. The SMILES string of the molecule is CCN(CC(C)(C)O)c1ccc(C(=N)N)cc1. The summed E-state index contributed by atoms with van der Waals surface area (Å²) >= 11 is 0. The molecule has 0 heterocycles. The molecule has 4 N–H and O–H groups in total. The lowest BCUT2D eigenvalue weighted by Crippen LogP contribution is -2.38. The molecule has 0 spiro atoms. The molecule has 4 heteroatoms. The van der Waals surface area contributed by atoms with E-state index in [1.807, 2.05) is 31.2 Å². The van der Waals surface area contributed by atoms with Gasteiger partial charge in [-0.25, -0.2) is 0 Å². The molecule has 0 saturated carbocycles. The number of aliphatic hydroxyl groups is 1. The molecular weight excluding hydrogens is 214 g/mol. The molecule has 0 amide bonds. The molecule has 0 aromatic heterocycles. The van der Waals surface area contributed by atoms with Crippen molar-refractivity contribution in [3.05, 3.63) is 29.8 Å². The van der Waals surface area contributed by atoms with Crippen molar-refractivity contribution in [3.63, 3.8) is 0 Å². The molecule has 17 heavy (non-hydrogen) atoms. The summed E-state index contributed by atoms with van der Waals surface area (Å²) in [6, 6.07) is 7.49. The predicted octanol–water partition coefficient (Wildman–Crippen LogP) is 1.57. The maximum absolute atomic E-state index is 9.83. The lowest BCUT2D eigenvalue weighted by atomic mass is 10.1. The van der Waals surface area contributed by atoms with Gasteiger partial charge in [0.15, 0.2) is 0 Å². The fourth-order valence-corrected chi connectivity index (χ4v) is 1.70. The van der Waals surface area contributed by atoms with Gasteiger partial charge < -0.3 is 15.7 Å². The van der Waals surface area contributed by atoms with Gasteiger partial charge in [0.25, 0.3) is 0 Å². The molecule has 0 bridgehead atoms. The Morgan fingerprint density at radius 3 is 2.24 bits per heavy atom. The molecule has 0 saturated heterocycles. The minimum Gasteiger partial charge on any atom is -0.389 e. The Bertz CT molecular complexity index is 379. The van der Waals surface area contributed by atoms with Crippen molar-refractivity contribution in [1.29, 1.82) is 5.41 Å². The minimum absolute atomic E-state index is 0.0714. The second kappa shape index (κ2) is 5.19. The largest absolute Gasteiger partial charge is 0.389 e. The van der Waals surface area contributed by atoms with Crippen LogP contribution >= 0.6 is 0 Å². The van der Waals surface area contributed by atoms with Crippen LogP contribution < -0.4 is 10.6 Å². The van der Waals surface area contributed by atoms with Crippen molar-refractivity contribution in [2.24, 2.45) is 5.73 Å². The number of rotatable bonds is 5. The van der Waals surface area contributed by atoms with Gasteiger partial charge in [-0.2, -0.15) is 0 Å². The zero-order valence-electron chi connectivity index (χ0n) is 10.7. The third kappa shape index (κ3) is 4.07. The van der Waals surface area contributed by atoms with Crippen LogP contribution in [0.15, 0.2) is 24.3 Å². The summed E-state index contributed by atoms with van der Waals surface area (Å²) in [5, 5.41) is 17.2. The van der Waals surface area contributed by atoms with Gasteiger partial charge >= 0.3 is 0 Å². The molecule has 0 fully saturated rings. The molecule has 4 nitrogen and oxygen atoms in total. The quantitative estimate of drug-likeness (QED) is 0.535. The Labute approximate surface area is 103 Å². The van der Waals surface area contributed by atoms with Crippen molar-refractivity contribution in [1.82, 2.24) is 0 Å². The summed E-state index contributed by atoms with van der Waals surface area (Å²) in [4.78, 5) is 2.09. The predicted molar refractivity (Wildman–Crippen MR) is 71.6 cm³/mol. The fraction of sp³-hybridized carbons (Fsp3) is 0.462. The molecule has 94 valence electrons. The van der Waals surface area contributed by atoms with Crippen LogP contribution in [0.4, 0.5) is 5.69 Å². The lowest BCUT2D eigenvalue weighted by Gasteiger charge is -2.30. The molecule has 0 unspecified atom stereocenters. The Balaban J connectivity index is 2.86. The summed E-state index contributed by atoms with van der Waals surface area (Å²) in [6.45, 7) is 7.02. The van der Waals surface area contributed by atoms with Crippen LogP contribution in [0.1, 0.15) is 26.3 Å². The van der Waals surface area contributed by atoms with E-state index in [9.17, 15) is 5.11 Å². The zero-order valence-corrected chi connectivity index (χ0v) is 10.7. The molecule has 0 aliphatic carbocycles. The number of likely N-dealkylation sites (N-methyl/N-ethyl adjacent to an activating group) is 1. The van der Waals surface area contributed by atoms with Crippen LogP contribution in [0.5, 0.6) is 0 Å². The number of nitrogens with two attached hydrogens (primary N) is 1. The number of amidine groups is 1. The Morgan fingerprint density at radius 1 is 1.35 bits per heavy atom. The van der Waals surface area contributed by atoms with E-state index in [2.05, 4.69) is 4.90 Å². The molecule has 0 radical (unpaired) electrons. The fourth-order valence-electron chi connectivity index (χ4n) is 1.70. The second-order valence-corrected chi connectivity index (χ2v) is 4.79. The van der Waals surface area contributed by atoms with Crippen molar-refractivity contribution >= 4 is 11.5 Å². The Morgan fingerprint density at radius 2 is 1.88 bits per heavy atom. The van der Waals surface area contributed by atoms with Gasteiger partial charge in [0.05, 0.1) is 5.60 Å². The van der Waals surface area contributed by atoms with E-state index < -0.39 is 5.60 Å². The van der Waals surface area contributed by atoms with E-state index in [4.69, 9.17) is 11.1 Å². The first-order chi connectivity index (χ1) is 7.83. The monoisotopic (exact) mass is 235 g/mol. The molecule has 1 rings (SSSR count). The van der Waals surface area contributed by atoms with Crippen LogP contribution in [-0.2, 0) is 0 Å². The standard InChI is InChI=1S/C13H21N3O/c1-4-16(9-13(2,3)17)11-7-5-10(6-8-11)12(14)15/h5-8,17H,4,9H2,1-3H3,(H3,14,15). The molecule has 0 aliphatic rings. The first-order valence-electron chi connectivity index (χ1n) is 5.75. The van der Waals surface area contributed by atoms with Gasteiger partial charge in [-0.05, 0) is 45.0 Å². The van der Waals surface area contributed by atoms with Crippen LogP contribution in [0.2, 0.25) is 0 Å². The van der Waals surface area contributed by atoms with Crippen LogP contribution in [0, 0.1) is 5.41 Å². The molecular formula is C13H21N3O. The average Bonchev–Trinajstić information content (AvgIpc) is 2.25. The number of nitrogen functional groups attached to an aromatic ring is 1. The summed E-state index contributed by atoms with van der Waals surface area (Å²) in [7, 11) is 0. The number of hydrogen-bond acceptors (Lipinski definition) is 3. The third-order valence-electron chi connectivity index (χ3n) is 2.50. The summed E-state index contributed by atoms with van der Waals surface area (Å²) < 4.78 is 0. The van der Waals surface area contributed by atoms with E-state index in [0.29, 0.717) is 12.1 Å². The highest BCUT2D eigenvalue weighted by atomic mass is 16.3. The number of nitrogens with one attached hydrogen (secondary N) is 1. The summed E-state index contributed by atoms with van der Waals surface area (Å²) in [6.07, 6.45) is 0. The number of hydrogen-bond donors (Lipinski definition) is 3. The van der Waals surface area contributed by atoms with Gasteiger partial charge in [-0.15, -0.1) is 0 Å². The first kappa shape index (κ1) is 13.5. The Hall–Kier alpha value is -1.55. The maximum atomic E-state index is 9.83. The van der Waals surface area contributed by atoms with Gasteiger partial charge in [0, 0.05) is 24.3 Å². The van der Waals surface area contributed by atoms with Crippen LogP contribution in [0.25, 0.3) is 0 Å². The lowest BCUT2D eigenvalue weighted by molar-refractivity contribution is 0.0876. The molecule has 1 aromatic carbocycles. The van der Waals surface area contributed by atoms with Crippen LogP contribution in [-0.4, -0.2) is 29.6 Å². The van der Waals surface area contributed by atoms with Gasteiger partial charge in [0.2, 0.25) is 0 Å². The highest BCUT2D eigenvalue weighted by molar-refractivity contribution is 5.95. The van der Waals surface area contributed by atoms with E-state index in [1.54, 1.807) is 13.8 Å². The first-order valence-corrected chi connectivity index (χ1v) is 5.75. The van der Waals surface area contributed by atoms with E-state index in [1.165, 1.54) is 0 Å². The number of anilines is 1. The maximum Gasteiger partial charge on any atom is 0.122 e. The smallest absolute Gasteiger partial charge is 0.122 e. The highest BCUT2D eigenvalue weighted by Gasteiger charge is 2.17. The summed E-state index contributed by atoms with van der Waals surface area (Å²) in [5.41, 5.74) is 6.42. The van der Waals surface area contributed by atoms with E-state index in [-0.39, 0.29) is 5.84 Å². The van der Waals surface area contributed by atoms with Crippen molar-refractivity contribution in [2.75, 3.05) is 18.0 Å². The third-order valence-corrected chi connectivity index (χ3v) is 2.50. The van der Waals surface area contributed by atoms with Gasteiger partial charge in [-0.1, -0.05) is 0 Å². The van der Waals surface area contributed by atoms with Crippen molar-refractivity contribution < 1.29 is 5.11 Å². The topological polar surface area (TPSA) is 73.3 Å². The minimum atomic E-state index is -0.727. The summed E-state index contributed by atoms with van der Waals surface area (Å²) in [5.74, 6) is 0.0714. The average molecular weight is 235 g/mol. The molecule has 0 aliphatic heterocycles. The van der Waals surface area contributed by atoms with Crippen molar-refractivity contribution in [3.8, 4) is 0 Å². The normalized spacial score (nSPS) is 11.3. The zero-order chi connectivity index (χ0) is 13.1. The number of benzene rings is 1. The second-order valence-electron chi connectivity index (χ2n) is 4.79. The Kier molecular flexibility index (Phi) is 4.12. The van der Waals surface area contributed by atoms with Crippen molar-refractivity contribution in [2.45, 2.75) is 26.4 Å². The van der Waals surface area contributed by atoms with Gasteiger partial charge in [-0.3, -0.25) is 5.41 Å². The van der Waals surface area contributed by atoms with Crippen LogP contribution in [0.3, 0.4) is 0 Å². The molecule has 1 aromatic rings.